The molecule has 1 unspecified atom stereocenters. The van der Waals surface area contributed by atoms with Crippen LogP contribution in [0, 0.1) is 11.6 Å². The minimum absolute atomic E-state index is 0.00170. The highest BCUT2D eigenvalue weighted by molar-refractivity contribution is 5.95. The number of hydrogen-bond donors (Lipinski definition) is 0. The Hall–Kier alpha value is -3.28. The topological polar surface area (TPSA) is 43.7 Å². The highest BCUT2D eigenvalue weighted by atomic mass is 19.1. The third-order valence-electron chi connectivity index (χ3n) is 4.22. The van der Waals surface area contributed by atoms with E-state index in [0.717, 1.165) is 11.1 Å². The number of halogens is 2. The van der Waals surface area contributed by atoms with Crippen LogP contribution in [-0.2, 0) is 11.3 Å². The standard InChI is InChI=1S/C21H16F2N2O2/c22-16-4-3-5-17(23)20(16)21-25-18(13-27-21)15-9-7-14(8-10-15)12-26-19-6-1-2-11-24-19/h1-11,18H,12-13H2. The molecular weight excluding hydrogens is 350 g/mol. The molecule has 136 valence electrons. The Balaban J connectivity index is 1.46. The van der Waals surface area contributed by atoms with E-state index >= 15 is 0 Å². The number of hydrogen-bond acceptors (Lipinski definition) is 4. The second-order valence-corrected chi connectivity index (χ2v) is 6.06. The molecular formula is C21H16F2N2O2. The number of rotatable bonds is 5. The summed E-state index contributed by atoms with van der Waals surface area (Å²) in [5, 5.41) is 0. The maximum Gasteiger partial charge on any atom is 0.222 e. The van der Waals surface area contributed by atoms with Crippen LogP contribution in [0.25, 0.3) is 0 Å². The molecule has 6 heteroatoms. The summed E-state index contributed by atoms with van der Waals surface area (Å²) in [6.07, 6.45) is 1.67. The Bertz CT molecular complexity index is 939. The molecule has 0 aliphatic carbocycles. The van der Waals surface area contributed by atoms with Gasteiger partial charge in [0.05, 0.1) is 0 Å². The molecule has 0 radical (unpaired) electrons. The maximum atomic E-state index is 13.9. The number of aliphatic imine (C=N–C) groups is 1. The number of pyridine rings is 1. The predicted octanol–water partition coefficient (Wildman–Crippen LogP) is 4.46. The fourth-order valence-corrected chi connectivity index (χ4v) is 2.81. The van der Waals surface area contributed by atoms with Crippen LogP contribution in [-0.4, -0.2) is 17.5 Å². The minimum atomic E-state index is -0.684. The van der Waals surface area contributed by atoms with Gasteiger partial charge in [0.2, 0.25) is 11.8 Å². The number of nitrogens with zero attached hydrogens (tertiary/aromatic N) is 2. The second-order valence-electron chi connectivity index (χ2n) is 6.06. The summed E-state index contributed by atoms with van der Waals surface area (Å²) >= 11 is 0. The highest BCUT2D eigenvalue weighted by Gasteiger charge is 2.26. The molecule has 3 aromatic rings. The van der Waals surface area contributed by atoms with Gasteiger partial charge in [0.25, 0.3) is 0 Å². The lowest BCUT2D eigenvalue weighted by molar-refractivity contribution is 0.294. The van der Waals surface area contributed by atoms with E-state index in [9.17, 15) is 8.78 Å². The summed E-state index contributed by atoms with van der Waals surface area (Å²) in [4.78, 5) is 8.45. The number of ether oxygens (including phenoxy) is 2. The average Bonchev–Trinajstić information content (AvgIpc) is 3.17. The van der Waals surface area contributed by atoms with Crippen molar-refractivity contribution in [2.24, 2.45) is 4.99 Å². The van der Waals surface area contributed by atoms with Gasteiger partial charge in [-0.3, -0.25) is 0 Å². The van der Waals surface area contributed by atoms with Crippen LogP contribution in [0.5, 0.6) is 5.88 Å². The summed E-state index contributed by atoms with van der Waals surface area (Å²) in [6.45, 7) is 0.639. The van der Waals surface area contributed by atoms with E-state index in [4.69, 9.17) is 9.47 Å². The van der Waals surface area contributed by atoms with Crippen molar-refractivity contribution in [2.45, 2.75) is 12.6 Å². The van der Waals surface area contributed by atoms with Crippen LogP contribution >= 0.6 is 0 Å². The third-order valence-corrected chi connectivity index (χ3v) is 4.22. The molecule has 0 N–H and O–H groups in total. The molecule has 0 saturated heterocycles. The van der Waals surface area contributed by atoms with E-state index in [1.165, 1.54) is 18.2 Å². The van der Waals surface area contributed by atoms with Crippen molar-refractivity contribution in [3.8, 4) is 5.88 Å². The third kappa shape index (κ3) is 3.79. The van der Waals surface area contributed by atoms with Gasteiger partial charge in [0.1, 0.15) is 36.5 Å². The van der Waals surface area contributed by atoms with Gasteiger partial charge in [-0.2, -0.15) is 0 Å². The van der Waals surface area contributed by atoms with E-state index in [0.29, 0.717) is 12.5 Å². The molecule has 0 bridgehead atoms. The van der Waals surface area contributed by atoms with E-state index < -0.39 is 11.6 Å². The molecule has 0 spiro atoms. The average molecular weight is 366 g/mol. The molecule has 2 aromatic carbocycles. The Kier molecular flexibility index (Phi) is 4.78. The molecule has 1 atom stereocenters. The Morgan fingerprint density at radius 1 is 0.963 bits per heavy atom. The van der Waals surface area contributed by atoms with Gasteiger partial charge < -0.3 is 9.47 Å². The largest absolute Gasteiger partial charge is 0.475 e. The first-order valence-corrected chi connectivity index (χ1v) is 8.48. The predicted molar refractivity (Wildman–Crippen MR) is 96.6 cm³/mol. The van der Waals surface area contributed by atoms with Crippen molar-refractivity contribution in [3.63, 3.8) is 0 Å². The van der Waals surface area contributed by atoms with E-state index in [1.54, 1.807) is 12.3 Å². The van der Waals surface area contributed by atoms with Gasteiger partial charge in [0, 0.05) is 12.3 Å². The zero-order valence-electron chi connectivity index (χ0n) is 14.3. The maximum absolute atomic E-state index is 13.9. The fraction of sp³-hybridized carbons (Fsp3) is 0.143. The molecule has 1 aromatic heterocycles. The van der Waals surface area contributed by atoms with E-state index in [1.807, 2.05) is 36.4 Å². The van der Waals surface area contributed by atoms with Gasteiger partial charge >= 0.3 is 0 Å². The van der Waals surface area contributed by atoms with Gasteiger partial charge in [-0.15, -0.1) is 0 Å². The Morgan fingerprint density at radius 3 is 2.44 bits per heavy atom. The lowest BCUT2D eigenvalue weighted by atomic mass is 10.1. The van der Waals surface area contributed by atoms with Crippen molar-refractivity contribution in [1.82, 2.24) is 4.98 Å². The molecule has 27 heavy (non-hydrogen) atoms. The minimum Gasteiger partial charge on any atom is -0.475 e. The summed E-state index contributed by atoms with van der Waals surface area (Å²) < 4.78 is 38.8. The van der Waals surface area contributed by atoms with Gasteiger partial charge in [0.15, 0.2) is 0 Å². The van der Waals surface area contributed by atoms with Crippen LogP contribution in [0.3, 0.4) is 0 Å². The van der Waals surface area contributed by atoms with Crippen molar-refractivity contribution >= 4 is 5.90 Å². The normalized spacial score (nSPS) is 15.9. The SMILES string of the molecule is Fc1cccc(F)c1C1=NC(c2ccc(COc3ccccn3)cc2)CO1. The first-order chi connectivity index (χ1) is 13.2. The number of benzene rings is 2. The van der Waals surface area contributed by atoms with Crippen LogP contribution in [0.15, 0.2) is 71.9 Å². The molecule has 0 fully saturated rings. The summed E-state index contributed by atoms with van der Waals surface area (Å²) in [5.41, 5.74) is 1.66. The summed E-state index contributed by atoms with van der Waals surface area (Å²) in [5.74, 6) is -0.807. The zero-order valence-corrected chi connectivity index (χ0v) is 14.3. The van der Waals surface area contributed by atoms with Crippen LogP contribution < -0.4 is 4.74 Å². The fourth-order valence-electron chi connectivity index (χ4n) is 2.81. The highest BCUT2D eigenvalue weighted by Crippen LogP contribution is 2.27. The quantitative estimate of drug-likeness (QED) is 0.670. The lowest BCUT2D eigenvalue weighted by Crippen LogP contribution is -2.07. The van der Waals surface area contributed by atoms with Gasteiger partial charge in [-0.1, -0.05) is 36.4 Å². The Labute approximate surface area is 155 Å². The zero-order chi connectivity index (χ0) is 18.6. The molecule has 4 rings (SSSR count). The molecule has 0 amide bonds. The van der Waals surface area contributed by atoms with Crippen LogP contribution in [0.1, 0.15) is 22.7 Å². The van der Waals surface area contributed by atoms with E-state index in [2.05, 4.69) is 9.98 Å². The van der Waals surface area contributed by atoms with Gasteiger partial charge in [-0.05, 0) is 29.3 Å². The summed E-state index contributed by atoms with van der Waals surface area (Å²) in [6, 6.07) is 16.5. The smallest absolute Gasteiger partial charge is 0.222 e. The van der Waals surface area contributed by atoms with Crippen molar-refractivity contribution < 1.29 is 18.3 Å². The van der Waals surface area contributed by atoms with E-state index in [-0.39, 0.29) is 24.1 Å². The van der Waals surface area contributed by atoms with Crippen molar-refractivity contribution in [1.29, 1.82) is 0 Å². The molecule has 4 nitrogen and oxygen atoms in total. The molecule has 0 saturated carbocycles. The lowest BCUT2D eigenvalue weighted by Gasteiger charge is -2.08. The molecule has 1 aliphatic heterocycles. The van der Waals surface area contributed by atoms with Crippen molar-refractivity contribution in [2.75, 3.05) is 6.61 Å². The van der Waals surface area contributed by atoms with Crippen LogP contribution in [0.2, 0.25) is 0 Å². The van der Waals surface area contributed by atoms with Gasteiger partial charge in [-0.25, -0.2) is 18.8 Å². The molecule has 2 heterocycles. The second kappa shape index (κ2) is 7.53. The van der Waals surface area contributed by atoms with Crippen molar-refractivity contribution in [3.05, 3.63) is 95.2 Å². The number of aromatic nitrogens is 1. The molecule has 1 aliphatic rings. The monoisotopic (exact) mass is 366 g/mol. The first kappa shape index (κ1) is 17.1. The van der Waals surface area contributed by atoms with Crippen LogP contribution in [0.4, 0.5) is 8.78 Å². The first-order valence-electron chi connectivity index (χ1n) is 8.48. The Morgan fingerprint density at radius 2 is 1.74 bits per heavy atom. The summed E-state index contributed by atoms with van der Waals surface area (Å²) in [7, 11) is 0.